The highest BCUT2D eigenvalue weighted by Crippen LogP contribution is 2.22. The van der Waals surface area contributed by atoms with Crippen LogP contribution in [-0.4, -0.2) is 27.4 Å². The van der Waals surface area contributed by atoms with Crippen LogP contribution in [0.5, 0.6) is 0 Å². The zero-order chi connectivity index (χ0) is 18.5. The number of aromatic nitrogens is 2. The van der Waals surface area contributed by atoms with Crippen molar-refractivity contribution in [2.24, 2.45) is 0 Å². The van der Waals surface area contributed by atoms with E-state index in [2.05, 4.69) is 15.3 Å². The summed E-state index contributed by atoms with van der Waals surface area (Å²) >= 11 is 1.53. The van der Waals surface area contributed by atoms with Gasteiger partial charge in [-0.1, -0.05) is 12.1 Å². The van der Waals surface area contributed by atoms with E-state index in [1.54, 1.807) is 24.3 Å². The minimum Gasteiger partial charge on any atom is -0.326 e. The molecule has 0 fully saturated rings. The zero-order valence-electron chi connectivity index (χ0n) is 14.7. The van der Waals surface area contributed by atoms with E-state index in [4.69, 9.17) is 0 Å². The predicted octanol–water partition coefficient (Wildman–Crippen LogP) is 4.26. The van der Waals surface area contributed by atoms with Crippen LogP contribution in [0.4, 0.5) is 5.69 Å². The van der Waals surface area contributed by atoms with Crippen LogP contribution in [0.1, 0.15) is 29.4 Å². The molecule has 132 valence electrons. The molecule has 0 saturated carbocycles. The summed E-state index contributed by atoms with van der Waals surface area (Å²) in [5.41, 5.74) is 3.92. The molecule has 0 bridgehead atoms. The largest absolute Gasteiger partial charge is 0.326 e. The molecular weight excluding hydrogens is 346 g/mol. The van der Waals surface area contributed by atoms with E-state index in [-0.39, 0.29) is 11.7 Å². The van der Waals surface area contributed by atoms with Crippen molar-refractivity contribution < 1.29 is 9.59 Å². The monoisotopic (exact) mass is 365 g/mol. The van der Waals surface area contributed by atoms with Crippen LogP contribution >= 0.6 is 11.8 Å². The smallest absolute Gasteiger partial charge is 0.225 e. The quantitative estimate of drug-likeness (QED) is 0.522. The van der Waals surface area contributed by atoms with Crippen molar-refractivity contribution in [1.82, 2.24) is 9.97 Å². The molecule has 2 aromatic carbocycles. The molecule has 0 unspecified atom stereocenters. The molecule has 1 aromatic heterocycles. The Hall–Kier alpha value is -2.73. The minimum absolute atomic E-state index is 0.00569. The zero-order valence-corrected chi connectivity index (χ0v) is 15.5. The fraction of sp³-hybridized carbons (Fsp3) is 0.200. The van der Waals surface area contributed by atoms with Gasteiger partial charge in [-0.25, -0.2) is 9.97 Å². The number of fused-ring (bicyclic) bond motifs is 1. The normalized spacial score (nSPS) is 10.7. The maximum Gasteiger partial charge on any atom is 0.225 e. The SMILES string of the molecule is CC(=O)c1ccc(NC(=O)CCSc2nc3ccccc3nc2C)cc1. The average molecular weight is 365 g/mol. The topological polar surface area (TPSA) is 72.0 Å². The molecule has 0 radical (unpaired) electrons. The van der Waals surface area contributed by atoms with Gasteiger partial charge in [0.25, 0.3) is 0 Å². The second-order valence-electron chi connectivity index (χ2n) is 5.88. The Morgan fingerprint density at radius 3 is 2.31 bits per heavy atom. The number of amides is 1. The average Bonchev–Trinajstić information content (AvgIpc) is 2.62. The summed E-state index contributed by atoms with van der Waals surface area (Å²) in [6.45, 7) is 3.45. The van der Waals surface area contributed by atoms with Crippen molar-refractivity contribution in [3.8, 4) is 0 Å². The summed E-state index contributed by atoms with van der Waals surface area (Å²) in [6, 6.07) is 14.6. The first-order valence-electron chi connectivity index (χ1n) is 8.30. The Bertz CT molecular complexity index is 955. The molecule has 1 amide bonds. The molecule has 0 spiro atoms. The third kappa shape index (κ3) is 4.46. The van der Waals surface area contributed by atoms with Crippen molar-refractivity contribution in [1.29, 1.82) is 0 Å². The van der Waals surface area contributed by atoms with Gasteiger partial charge in [0.2, 0.25) is 5.91 Å². The van der Waals surface area contributed by atoms with Gasteiger partial charge in [0.05, 0.1) is 16.7 Å². The van der Waals surface area contributed by atoms with Crippen LogP contribution in [0.15, 0.2) is 53.6 Å². The van der Waals surface area contributed by atoms with E-state index in [0.717, 1.165) is 21.8 Å². The number of benzene rings is 2. The van der Waals surface area contributed by atoms with Crippen LogP contribution in [0.3, 0.4) is 0 Å². The molecule has 3 aromatic rings. The van der Waals surface area contributed by atoms with Gasteiger partial charge >= 0.3 is 0 Å². The number of ketones is 1. The number of para-hydroxylation sites is 2. The van der Waals surface area contributed by atoms with Crippen molar-refractivity contribution in [2.75, 3.05) is 11.1 Å². The molecule has 0 atom stereocenters. The predicted molar refractivity (Wildman–Crippen MR) is 105 cm³/mol. The van der Waals surface area contributed by atoms with Gasteiger partial charge in [0.1, 0.15) is 5.03 Å². The molecule has 0 aliphatic heterocycles. The second-order valence-corrected chi connectivity index (χ2v) is 6.97. The number of nitrogens with zero attached hydrogens (tertiary/aromatic N) is 2. The highest BCUT2D eigenvalue weighted by Gasteiger charge is 2.08. The lowest BCUT2D eigenvalue weighted by molar-refractivity contribution is -0.115. The van der Waals surface area contributed by atoms with E-state index in [9.17, 15) is 9.59 Å². The van der Waals surface area contributed by atoms with Crippen molar-refractivity contribution in [3.05, 3.63) is 59.8 Å². The first kappa shape index (κ1) is 18.1. The number of hydrogen-bond donors (Lipinski definition) is 1. The first-order valence-corrected chi connectivity index (χ1v) is 9.28. The summed E-state index contributed by atoms with van der Waals surface area (Å²) in [5.74, 6) is 0.552. The first-order chi connectivity index (χ1) is 12.5. The number of thioether (sulfide) groups is 1. The Balaban J connectivity index is 1.55. The lowest BCUT2D eigenvalue weighted by Gasteiger charge is -2.07. The molecule has 1 heterocycles. The summed E-state index contributed by atoms with van der Waals surface area (Å²) < 4.78 is 0. The Morgan fingerprint density at radius 2 is 1.65 bits per heavy atom. The van der Waals surface area contributed by atoms with E-state index in [1.165, 1.54) is 18.7 Å². The Labute approximate surface area is 156 Å². The molecular formula is C20H19N3O2S. The lowest BCUT2D eigenvalue weighted by atomic mass is 10.1. The number of anilines is 1. The lowest BCUT2D eigenvalue weighted by Crippen LogP contribution is -2.12. The number of rotatable bonds is 6. The van der Waals surface area contributed by atoms with E-state index < -0.39 is 0 Å². The van der Waals surface area contributed by atoms with Crippen molar-refractivity contribution in [2.45, 2.75) is 25.3 Å². The van der Waals surface area contributed by atoms with Gasteiger partial charge in [0.15, 0.2) is 5.78 Å². The van der Waals surface area contributed by atoms with Gasteiger partial charge in [-0.15, -0.1) is 11.8 Å². The fourth-order valence-corrected chi connectivity index (χ4v) is 3.36. The molecule has 5 nitrogen and oxygen atoms in total. The highest BCUT2D eigenvalue weighted by molar-refractivity contribution is 7.99. The van der Waals surface area contributed by atoms with Gasteiger partial charge in [-0.3, -0.25) is 9.59 Å². The number of carbonyl (C=O) groups excluding carboxylic acids is 2. The molecule has 0 saturated heterocycles. The maximum absolute atomic E-state index is 12.1. The molecule has 0 aliphatic carbocycles. The van der Waals surface area contributed by atoms with E-state index in [0.29, 0.717) is 23.4 Å². The Kier molecular flexibility index (Phi) is 5.63. The summed E-state index contributed by atoms with van der Waals surface area (Å²) in [4.78, 5) is 32.5. The highest BCUT2D eigenvalue weighted by atomic mass is 32.2. The van der Waals surface area contributed by atoms with Crippen LogP contribution in [0, 0.1) is 6.92 Å². The third-order valence-corrected chi connectivity index (χ3v) is 4.91. The van der Waals surface area contributed by atoms with Gasteiger partial charge < -0.3 is 5.32 Å². The van der Waals surface area contributed by atoms with Gasteiger partial charge in [0, 0.05) is 23.4 Å². The van der Waals surface area contributed by atoms with E-state index in [1.807, 2.05) is 31.2 Å². The summed E-state index contributed by atoms with van der Waals surface area (Å²) in [6.07, 6.45) is 0.368. The summed E-state index contributed by atoms with van der Waals surface area (Å²) in [7, 11) is 0. The van der Waals surface area contributed by atoms with Gasteiger partial charge in [-0.2, -0.15) is 0 Å². The third-order valence-electron chi connectivity index (χ3n) is 3.84. The standard InChI is InChI=1S/C20H19N3O2S/c1-13-20(23-18-6-4-3-5-17(18)21-13)26-12-11-19(25)22-16-9-7-15(8-10-16)14(2)24/h3-10H,11-12H2,1-2H3,(H,22,25). The van der Waals surface area contributed by atoms with Gasteiger partial charge in [-0.05, 0) is 50.2 Å². The summed E-state index contributed by atoms with van der Waals surface area (Å²) in [5, 5.41) is 3.69. The van der Waals surface area contributed by atoms with Crippen LogP contribution < -0.4 is 5.32 Å². The number of Topliss-reactive ketones (excluding diaryl/α,β-unsaturated/α-hetero) is 1. The van der Waals surface area contributed by atoms with Crippen LogP contribution in [0.25, 0.3) is 11.0 Å². The molecule has 0 aliphatic rings. The number of hydrogen-bond acceptors (Lipinski definition) is 5. The van der Waals surface area contributed by atoms with E-state index >= 15 is 0 Å². The van der Waals surface area contributed by atoms with Crippen molar-refractivity contribution in [3.63, 3.8) is 0 Å². The van der Waals surface area contributed by atoms with Crippen molar-refractivity contribution >= 4 is 40.2 Å². The van der Waals surface area contributed by atoms with Crippen LogP contribution in [0.2, 0.25) is 0 Å². The molecule has 26 heavy (non-hydrogen) atoms. The molecule has 3 rings (SSSR count). The maximum atomic E-state index is 12.1. The fourth-order valence-electron chi connectivity index (χ4n) is 2.46. The number of nitrogens with one attached hydrogen (secondary N) is 1. The minimum atomic E-state index is -0.0699. The molecule has 1 N–H and O–H groups in total. The number of aryl methyl sites for hydroxylation is 1. The second kappa shape index (κ2) is 8.10. The number of carbonyl (C=O) groups is 2. The molecule has 6 heteroatoms. The Morgan fingerprint density at radius 1 is 1.00 bits per heavy atom. The van der Waals surface area contributed by atoms with Crippen LogP contribution in [-0.2, 0) is 4.79 Å².